The fraction of sp³-hybridized carbons (Fsp3) is 1.00. The molecule has 1 fully saturated rings. The number of nitrogens with one attached hydrogen (secondary N) is 1. The van der Waals surface area contributed by atoms with Gasteiger partial charge in [-0.3, -0.25) is 0 Å². The molecule has 2 unspecified atom stereocenters. The largest absolute Gasteiger partial charge is 0.309 e. The molecule has 0 amide bonds. The molecule has 3 heteroatoms. The third kappa shape index (κ3) is 2.19. The average Bonchev–Trinajstić information content (AvgIpc) is 2.17. The summed E-state index contributed by atoms with van der Waals surface area (Å²) in [6, 6.07) is 0. The molecule has 0 spiro atoms. The molecule has 1 saturated carbocycles. The van der Waals surface area contributed by atoms with Gasteiger partial charge in [-0.15, -0.1) is 0 Å². The molecule has 1 rings (SSSR count). The van der Waals surface area contributed by atoms with Crippen LogP contribution in [0.1, 0.15) is 39.0 Å². The Hall–Kier alpha value is -0.180. The highest BCUT2D eigenvalue weighted by molar-refractivity contribution is 4.94. The van der Waals surface area contributed by atoms with E-state index < -0.39 is 12.0 Å². The van der Waals surface area contributed by atoms with Crippen LogP contribution in [0.2, 0.25) is 0 Å². The van der Waals surface area contributed by atoms with Crippen LogP contribution in [-0.4, -0.2) is 19.0 Å². The molecule has 78 valence electrons. The molecule has 1 aliphatic carbocycles. The number of hydrogen-bond donors (Lipinski definition) is 1. The lowest BCUT2D eigenvalue weighted by molar-refractivity contribution is -0.00293. The summed E-state index contributed by atoms with van der Waals surface area (Å²) in [5.41, 5.74) is -0.890. The second-order valence-electron chi connectivity index (χ2n) is 4.08. The van der Waals surface area contributed by atoms with Crippen molar-refractivity contribution in [1.82, 2.24) is 5.32 Å². The first kappa shape index (κ1) is 10.9. The van der Waals surface area contributed by atoms with E-state index in [9.17, 15) is 8.78 Å². The summed E-state index contributed by atoms with van der Waals surface area (Å²) in [5, 5.41) is 2.83. The molecular formula is C10H19F2N. The predicted molar refractivity (Wildman–Crippen MR) is 50.0 cm³/mol. The molecule has 2 atom stereocenters. The minimum atomic E-state index is -2.23. The molecule has 0 aromatic rings. The van der Waals surface area contributed by atoms with Crippen LogP contribution in [0.25, 0.3) is 0 Å². The normalized spacial score (nSPS) is 35.3. The van der Waals surface area contributed by atoms with Crippen molar-refractivity contribution in [2.24, 2.45) is 5.92 Å². The van der Waals surface area contributed by atoms with Crippen LogP contribution in [0.4, 0.5) is 8.78 Å². The van der Waals surface area contributed by atoms with Gasteiger partial charge in [0.1, 0.15) is 0 Å². The van der Waals surface area contributed by atoms with Crippen LogP contribution >= 0.6 is 0 Å². The Morgan fingerprint density at radius 1 is 1.54 bits per heavy atom. The van der Waals surface area contributed by atoms with Crippen LogP contribution in [0.3, 0.4) is 0 Å². The lowest BCUT2D eigenvalue weighted by atomic mass is 9.75. The maximum absolute atomic E-state index is 12.8. The highest BCUT2D eigenvalue weighted by atomic mass is 19.3. The monoisotopic (exact) mass is 191 g/mol. The zero-order chi connectivity index (χ0) is 9.90. The van der Waals surface area contributed by atoms with E-state index >= 15 is 0 Å². The van der Waals surface area contributed by atoms with Crippen LogP contribution in [0.5, 0.6) is 0 Å². The predicted octanol–water partition coefficient (Wildman–Crippen LogP) is 2.81. The van der Waals surface area contributed by atoms with E-state index in [2.05, 4.69) is 12.2 Å². The lowest BCUT2D eigenvalue weighted by Gasteiger charge is -2.40. The molecule has 0 radical (unpaired) electrons. The minimum absolute atomic E-state index is 0.482. The van der Waals surface area contributed by atoms with E-state index in [1.54, 1.807) is 7.05 Å². The Balaban J connectivity index is 2.64. The maximum atomic E-state index is 12.8. The fourth-order valence-corrected chi connectivity index (χ4v) is 2.31. The smallest absolute Gasteiger partial charge is 0.256 e. The topological polar surface area (TPSA) is 12.0 Å². The average molecular weight is 191 g/mol. The van der Waals surface area contributed by atoms with Gasteiger partial charge in [-0.2, -0.15) is 0 Å². The second-order valence-corrected chi connectivity index (χ2v) is 4.08. The number of rotatable bonds is 3. The summed E-state index contributed by atoms with van der Waals surface area (Å²) in [7, 11) is 1.66. The number of halogens is 2. The standard InChI is InChI=1S/C10H19F2N/c1-3-8-5-4-6-10(7-8,13-2)9(11)12/h8-9,13H,3-7H2,1-2H3. The Bertz CT molecular complexity index is 161. The highest BCUT2D eigenvalue weighted by Crippen LogP contribution is 2.37. The quantitative estimate of drug-likeness (QED) is 0.723. The summed E-state index contributed by atoms with van der Waals surface area (Å²) in [5.74, 6) is 0.482. The van der Waals surface area contributed by atoms with E-state index in [1.807, 2.05) is 0 Å². The Morgan fingerprint density at radius 2 is 2.23 bits per heavy atom. The van der Waals surface area contributed by atoms with E-state index in [0.717, 1.165) is 19.3 Å². The molecule has 0 heterocycles. The highest BCUT2D eigenvalue weighted by Gasteiger charge is 2.42. The summed E-state index contributed by atoms with van der Waals surface area (Å²) in [4.78, 5) is 0. The molecule has 1 aliphatic rings. The number of hydrogen-bond acceptors (Lipinski definition) is 1. The molecular weight excluding hydrogens is 172 g/mol. The van der Waals surface area contributed by atoms with Gasteiger partial charge < -0.3 is 5.32 Å². The van der Waals surface area contributed by atoms with E-state index in [1.165, 1.54) is 0 Å². The second kappa shape index (κ2) is 4.36. The van der Waals surface area contributed by atoms with Gasteiger partial charge >= 0.3 is 0 Å². The van der Waals surface area contributed by atoms with Crippen LogP contribution < -0.4 is 5.32 Å². The third-order valence-corrected chi connectivity index (χ3v) is 3.38. The van der Waals surface area contributed by atoms with Crippen LogP contribution in [0, 0.1) is 5.92 Å². The summed E-state index contributed by atoms with van der Waals surface area (Å²) >= 11 is 0. The summed E-state index contributed by atoms with van der Waals surface area (Å²) < 4.78 is 25.6. The van der Waals surface area contributed by atoms with Gasteiger partial charge in [0.05, 0.1) is 5.54 Å². The molecule has 1 nitrogen and oxygen atoms in total. The molecule has 0 aliphatic heterocycles. The summed E-state index contributed by atoms with van der Waals surface area (Å²) in [6.45, 7) is 2.09. The molecule has 13 heavy (non-hydrogen) atoms. The Morgan fingerprint density at radius 3 is 2.69 bits per heavy atom. The van der Waals surface area contributed by atoms with Crippen molar-refractivity contribution in [3.05, 3.63) is 0 Å². The van der Waals surface area contributed by atoms with E-state index in [4.69, 9.17) is 0 Å². The first-order valence-electron chi connectivity index (χ1n) is 5.11. The van der Waals surface area contributed by atoms with Gasteiger partial charge in [0, 0.05) is 0 Å². The number of alkyl halides is 2. The van der Waals surface area contributed by atoms with Gasteiger partial charge in [0.2, 0.25) is 0 Å². The van der Waals surface area contributed by atoms with Crippen molar-refractivity contribution in [2.45, 2.75) is 51.0 Å². The minimum Gasteiger partial charge on any atom is -0.309 e. The molecule has 1 N–H and O–H groups in total. The van der Waals surface area contributed by atoms with Crippen molar-refractivity contribution in [1.29, 1.82) is 0 Å². The van der Waals surface area contributed by atoms with Gasteiger partial charge in [-0.05, 0) is 25.8 Å². The Labute approximate surface area is 78.9 Å². The zero-order valence-electron chi connectivity index (χ0n) is 8.45. The fourth-order valence-electron chi connectivity index (χ4n) is 2.31. The van der Waals surface area contributed by atoms with E-state index in [0.29, 0.717) is 18.8 Å². The maximum Gasteiger partial charge on any atom is 0.256 e. The van der Waals surface area contributed by atoms with Gasteiger partial charge in [-0.1, -0.05) is 26.2 Å². The van der Waals surface area contributed by atoms with Gasteiger partial charge in [-0.25, -0.2) is 8.78 Å². The van der Waals surface area contributed by atoms with Crippen LogP contribution in [-0.2, 0) is 0 Å². The first-order chi connectivity index (χ1) is 6.14. The van der Waals surface area contributed by atoms with Crippen molar-refractivity contribution >= 4 is 0 Å². The van der Waals surface area contributed by atoms with Crippen molar-refractivity contribution in [3.8, 4) is 0 Å². The third-order valence-electron chi connectivity index (χ3n) is 3.38. The molecule has 0 bridgehead atoms. The SMILES string of the molecule is CCC1CCCC(NC)(C(F)F)C1. The molecule has 0 aromatic heterocycles. The molecule has 0 aromatic carbocycles. The van der Waals surface area contributed by atoms with Crippen molar-refractivity contribution in [3.63, 3.8) is 0 Å². The van der Waals surface area contributed by atoms with Crippen molar-refractivity contribution < 1.29 is 8.78 Å². The van der Waals surface area contributed by atoms with Crippen molar-refractivity contribution in [2.75, 3.05) is 7.05 Å². The van der Waals surface area contributed by atoms with Crippen LogP contribution in [0.15, 0.2) is 0 Å². The van der Waals surface area contributed by atoms with Gasteiger partial charge in [0.25, 0.3) is 6.43 Å². The zero-order valence-corrected chi connectivity index (χ0v) is 8.45. The van der Waals surface area contributed by atoms with E-state index in [-0.39, 0.29) is 0 Å². The summed E-state index contributed by atoms with van der Waals surface area (Å²) in [6.07, 6.45) is 2.11. The Kier molecular flexibility index (Phi) is 3.65. The first-order valence-corrected chi connectivity index (χ1v) is 5.11. The molecule has 0 saturated heterocycles. The van der Waals surface area contributed by atoms with Gasteiger partial charge in [0.15, 0.2) is 0 Å². The lowest BCUT2D eigenvalue weighted by Crippen LogP contribution is -2.52.